The van der Waals surface area contributed by atoms with Gasteiger partial charge in [0.05, 0.1) is 44.2 Å². The van der Waals surface area contributed by atoms with Crippen LogP contribution >= 0.6 is 0 Å². The van der Waals surface area contributed by atoms with Crippen molar-refractivity contribution >= 4 is 5.91 Å². The Bertz CT molecular complexity index is 1140. The van der Waals surface area contributed by atoms with E-state index in [1.807, 2.05) is 4.90 Å². The average Bonchev–Trinajstić information content (AvgIpc) is 3.90. The predicted molar refractivity (Wildman–Crippen MR) is 162 cm³/mol. The van der Waals surface area contributed by atoms with Crippen molar-refractivity contribution in [3.8, 4) is 0 Å². The van der Waals surface area contributed by atoms with E-state index in [1.54, 1.807) is 0 Å². The van der Waals surface area contributed by atoms with Crippen LogP contribution in [0.3, 0.4) is 0 Å². The Morgan fingerprint density at radius 1 is 1.00 bits per heavy atom. The first-order valence-electron chi connectivity index (χ1n) is 17.9. The van der Waals surface area contributed by atoms with Crippen molar-refractivity contribution in [1.29, 1.82) is 0 Å². The Kier molecular flexibility index (Phi) is 6.66. The maximum absolute atomic E-state index is 12.8. The van der Waals surface area contributed by atoms with Gasteiger partial charge in [-0.3, -0.25) is 4.79 Å². The highest BCUT2D eigenvalue weighted by molar-refractivity contribution is 5.76. The number of carbonyl (C=O) groups excluding carboxylic acids is 1. The molecule has 6 aliphatic carbocycles. The number of hydrogen-bond acceptors (Lipinski definition) is 6. The summed E-state index contributed by atoms with van der Waals surface area (Å²) < 4.78 is 19.4. The third-order valence-electron chi connectivity index (χ3n) is 15.9. The highest BCUT2D eigenvalue weighted by atomic mass is 16.7. The van der Waals surface area contributed by atoms with E-state index in [0.29, 0.717) is 66.5 Å². The van der Waals surface area contributed by atoms with Gasteiger partial charge in [0, 0.05) is 18.4 Å². The van der Waals surface area contributed by atoms with Crippen LogP contribution in [0.1, 0.15) is 105 Å². The zero-order valence-corrected chi connectivity index (χ0v) is 27.4. The number of ether oxygens (including phenoxy) is 3. The van der Waals surface area contributed by atoms with Crippen LogP contribution in [0.15, 0.2) is 0 Å². The summed E-state index contributed by atoms with van der Waals surface area (Å²) in [6, 6.07) is 0. The van der Waals surface area contributed by atoms with E-state index in [-0.39, 0.29) is 53.4 Å². The molecule has 2 heterocycles. The summed E-state index contributed by atoms with van der Waals surface area (Å²) in [5.74, 6) is 2.80. The van der Waals surface area contributed by atoms with Gasteiger partial charge in [-0.05, 0) is 115 Å². The average molecular weight is 600 g/mol. The Balaban J connectivity index is 1.01. The Labute approximate surface area is 258 Å². The van der Waals surface area contributed by atoms with Gasteiger partial charge in [-0.2, -0.15) is 0 Å². The van der Waals surface area contributed by atoms with Crippen molar-refractivity contribution in [3.63, 3.8) is 0 Å². The van der Waals surface area contributed by atoms with Gasteiger partial charge < -0.3 is 29.3 Å². The van der Waals surface area contributed by atoms with Crippen LogP contribution in [0.5, 0.6) is 0 Å². The molecule has 8 fully saturated rings. The predicted octanol–water partition coefficient (Wildman–Crippen LogP) is 5.16. The number of aliphatic hydroxyl groups excluding tert-OH is 2. The minimum absolute atomic E-state index is 0.0340. The standard InChI is InChI=1S/C36H57NO6/c1-21-16-23(19-38)42-30-29(21)33(4)12-13-36-20-35(36)11-10-26(32(2,3)24(35)8-9-25(36)34(33,5)31(30)40)43-28-18-37(14-15-41-28)27(39)17-22-6-7-22/h21-26,28-31,38,40H,6-20H2,1-5H3. The van der Waals surface area contributed by atoms with E-state index in [1.165, 1.54) is 51.4 Å². The van der Waals surface area contributed by atoms with Crippen LogP contribution in [-0.4, -0.2) is 78.0 Å². The van der Waals surface area contributed by atoms with Gasteiger partial charge in [0.1, 0.15) is 0 Å². The zero-order chi connectivity index (χ0) is 30.2. The molecule has 0 aromatic heterocycles. The normalized spacial score (nSPS) is 55.0. The third-order valence-corrected chi connectivity index (χ3v) is 15.9. The van der Waals surface area contributed by atoms with Crippen molar-refractivity contribution in [2.45, 2.75) is 136 Å². The molecule has 0 aromatic rings. The maximum atomic E-state index is 12.8. The highest BCUT2D eigenvalue weighted by Crippen LogP contribution is 2.89. The number of fused-ring (bicyclic) bond motifs is 4. The molecule has 2 saturated heterocycles. The molecule has 7 nitrogen and oxygen atoms in total. The molecular weight excluding hydrogens is 542 g/mol. The fourth-order valence-electron chi connectivity index (χ4n) is 13.6. The Morgan fingerprint density at radius 2 is 1.74 bits per heavy atom. The second-order valence-corrected chi connectivity index (χ2v) is 17.7. The molecular formula is C36H57NO6. The summed E-state index contributed by atoms with van der Waals surface area (Å²) in [5.41, 5.74) is 0.578. The second-order valence-electron chi connectivity index (χ2n) is 17.7. The fourth-order valence-corrected chi connectivity index (χ4v) is 13.6. The minimum Gasteiger partial charge on any atom is -0.394 e. The van der Waals surface area contributed by atoms with Gasteiger partial charge in [-0.25, -0.2) is 0 Å². The molecule has 2 aliphatic heterocycles. The lowest BCUT2D eigenvalue weighted by Crippen LogP contribution is -2.60. The smallest absolute Gasteiger partial charge is 0.223 e. The van der Waals surface area contributed by atoms with Gasteiger partial charge in [-0.1, -0.05) is 34.6 Å². The highest BCUT2D eigenvalue weighted by Gasteiger charge is 2.84. The summed E-state index contributed by atoms with van der Waals surface area (Å²) in [4.78, 5) is 14.8. The Hall–Kier alpha value is -0.730. The van der Waals surface area contributed by atoms with Gasteiger partial charge in [-0.15, -0.1) is 0 Å². The summed E-state index contributed by atoms with van der Waals surface area (Å²) in [7, 11) is 0. The summed E-state index contributed by atoms with van der Waals surface area (Å²) in [6.45, 7) is 14.0. The molecule has 242 valence electrons. The van der Waals surface area contributed by atoms with E-state index >= 15 is 0 Å². The second kappa shape index (κ2) is 9.65. The first kappa shape index (κ1) is 29.7. The minimum atomic E-state index is -0.475. The van der Waals surface area contributed by atoms with Crippen LogP contribution in [0, 0.1) is 56.7 Å². The summed E-state index contributed by atoms with van der Waals surface area (Å²) in [5, 5.41) is 22.2. The monoisotopic (exact) mass is 599 g/mol. The molecule has 13 unspecified atom stereocenters. The molecule has 1 amide bonds. The van der Waals surface area contributed by atoms with Crippen LogP contribution in [-0.2, 0) is 19.0 Å². The van der Waals surface area contributed by atoms with E-state index < -0.39 is 6.10 Å². The Morgan fingerprint density at radius 3 is 2.49 bits per heavy atom. The topological polar surface area (TPSA) is 88.5 Å². The largest absolute Gasteiger partial charge is 0.394 e. The molecule has 0 bridgehead atoms. The number of morpholine rings is 1. The molecule has 8 aliphatic rings. The van der Waals surface area contributed by atoms with Crippen molar-refractivity contribution < 1.29 is 29.2 Å². The van der Waals surface area contributed by atoms with E-state index in [2.05, 4.69) is 34.6 Å². The van der Waals surface area contributed by atoms with Crippen molar-refractivity contribution in [2.75, 3.05) is 26.3 Å². The lowest BCUT2D eigenvalue weighted by Gasteiger charge is -2.64. The molecule has 8 rings (SSSR count). The molecule has 0 aromatic carbocycles. The lowest BCUT2D eigenvalue weighted by atomic mass is 9.41. The quantitative estimate of drug-likeness (QED) is 0.454. The number of amides is 1. The van der Waals surface area contributed by atoms with Crippen LogP contribution in [0.4, 0.5) is 0 Å². The molecule has 2 N–H and O–H groups in total. The van der Waals surface area contributed by atoms with Gasteiger partial charge in [0.15, 0.2) is 6.29 Å². The molecule has 0 radical (unpaired) electrons. The molecule has 43 heavy (non-hydrogen) atoms. The van der Waals surface area contributed by atoms with Crippen molar-refractivity contribution in [1.82, 2.24) is 4.90 Å². The van der Waals surface area contributed by atoms with E-state index in [4.69, 9.17) is 14.2 Å². The van der Waals surface area contributed by atoms with Crippen LogP contribution in [0.25, 0.3) is 0 Å². The molecule has 6 saturated carbocycles. The molecule has 13 atom stereocenters. The van der Waals surface area contributed by atoms with Gasteiger partial charge in [0.2, 0.25) is 5.91 Å². The molecule has 2 spiro atoms. The first-order valence-corrected chi connectivity index (χ1v) is 17.9. The van der Waals surface area contributed by atoms with Gasteiger partial charge >= 0.3 is 0 Å². The number of aliphatic hydroxyl groups is 2. The number of hydrogen-bond donors (Lipinski definition) is 2. The lowest BCUT2D eigenvalue weighted by molar-refractivity contribution is -0.248. The number of nitrogens with zero attached hydrogens (tertiary/aromatic N) is 1. The van der Waals surface area contributed by atoms with E-state index in [9.17, 15) is 15.0 Å². The SMILES string of the molecule is CC1CC(CO)OC2C1C1(C)CCC34CC35CCC(OC3CN(C(=O)CC6CC6)CCO3)C(C)(C)C5CCC4C1(C)C2O. The fraction of sp³-hybridized carbons (Fsp3) is 0.972. The number of carbonyl (C=O) groups is 1. The zero-order valence-electron chi connectivity index (χ0n) is 27.4. The maximum Gasteiger partial charge on any atom is 0.223 e. The van der Waals surface area contributed by atoms with Crippen LogP contribution < -0.4 is 0 Å². The van der Waals surface area contributed by atoms with E-state index in [0.717, 1.165) is 12.8 Å². The number of rotatable bonds is 5. The van der Waals surface area contributed by atoms with Crippen molar-refractivity contribution in [3.05, 3.63) is 0 Å². The summed E-state index contributed by atoms with van der Waals surface area (Å²) >= 11 is 0. The van der Waals surface area contributed by atoms with Crippen molar-refractivity contribution in [2.24, 2.45) is 56.7 Å². The van der Waals surface area contributed by atoms with Crippen LogP contribution in [0.2, 0.25) is 0 Å². The third kappa shape index (κ3) is 3.87. The molecule has 7 heteroatoms. The van der Waals surface area contributed by atoms with Gasteiger partial charge in [0.25, 0.3) is 0 Å². The summed E-state index contributed by atoms with van der Waals surface area (Å²) in [6.07, 6.45) is 11.4. The first-order chi connectivity index (χ1) is 20.4.